The van der Waals surface area contributed by atoms with Crippen LogP contribution in [0.15, 0.2) is 18.2 Å². The quantitative estimate of drug-likeness (QED) is 0.496. The van der Waals surface area contributed by atoms with Gasteiger partial charge in [-0.15, -0.1) is 0 Å². The molecule has 2 N–H and O–H groups in total. The third kappa shape index (κ3) is 5.17. The van der Waals surface area contributed by atoms with Gasteiger partial charge in [-0.1, -0.05) is 0 Å². The van der Waals surface area contributed by atoms with Crippen molar-refractivity contribution in [1.82, 2.24) is 9.80 Å². The summed E-state index contributed by atoms with van der Waals surface area (Å²) in [6.07, 6.45) is 1.67. The molecule has 1 aromatic carbocycles. The zero-order valence-corrected chi connectivity index (χ0v) is 15.7. The van der Waals surface area contributed by atoms with Gasteiger partial charge in [-0.25, -0.2) is 0 Å². The summed E-state index contributed by atoms with van der Waals surface area (Å²) in [6.45, 7) is 1.28. The Balaban J connectivity index is 1.67. The van der Waals surface area contributed by atoms with Crippen LogP contribution in [0.2, 0.25) is 0 Å². The highest BCUT2D eigenvalue weighted by molar-refractivity contribution is 5.96. The summed E-state index contributed by atoms with van der Waals surface area (Å²) >= 11 is 0. The highest BCUT2D eigenvalue weighted by Crippen LogP contribution is 2.32. The lowest BCUT2D eigenvalue weighted by Crippen LogP contribution is -2.49. The summed E-state index contributed by atoms with van der Waals surface area (Å²) in [7, 11) is 1.67. The van der Waals surface area contributed by atoms with Gasteiger partial charge in [-0.3, -0.25) is 24.6 Å². The number of amides is 1. The van der Waals surface area contributed by atoms with Gasteiger partial charge in [0.15, 0.2) is 0 Å². The molecule has 2 aliphatic rings. The van der Waals surface area contributed by atoms with Crippen LogP contribution < -0.4 is 5.32 Å². The van der Waals surface area contributed by atoms with Gasteiger partial charge in [-0.05, 0) is 32.0 Å². The van der Waals surface area contributed by atoms with Crippen molar-refractivity contribution >= 4 is 23.3 Å². The first-order valence-electron chi connectivity index (χ1n) is 9.19. The monoisotopic (exact) mass is 392 g/mol. The number of carbonyl (C=O) groups is 2. The zero-order valence-electron chi connectivity index (χ0n) is 15.7. The molecule has 2 fully saturated rings. The lowest BCUT2D eigenvalue weighted by molar-refractivity contribution is -0.384. The highest BCUT2D eigenvalue weighted by Gasteiger charge is 2.29. The smallest absolute Gasteiger partial charge is 0.317 e. The number of anilines is 1. The molecule has 10 heteroatoms. The molecule has 0 spiro atoms. The Morgan fingerprint density at radius 2 is 2.18 bits per heavy atom. The second-order valence-corrected chi connectivity index (χ2v) is 7.24. The van der Waals surface area contributed by atoms with Crippen molar-refractivity contribution in [2.45, 2.75) is 25.0 Å². The molecule has 10 nitrogen and oxygen atoms in total. The van der Waals surface area contributed by atoms with E-state index in [1.54, 1.807) is 29.0 Å². The molecule has 1 heterocycles. The summed E-state index contributed by atoms with van der Waals surface area (Å²) in [4.78, 5) is 37.8. The van der Waals surface area contributed by atoms with Crippen LogP contribution in [0.3, 0.4) is 0 Å². The van der Waals surface area contributed by atoms with Crippen LogP contribution in [0, 0.1) is 10.1 Å². The van der Waals surface area contributed by atoms with Crippen molar-refractivity contribution in [1.29, 1.82) is 0 Å². The van der Waals surface area contributed by atoms with Gasteiger partial charge in [-0.2, -0.15) is 0 Å². The van der Waals surface area contributed by atoms with E-state index >= 15 is 0 Å². The van der Waals surface area contributed by atoms with Crippen LogP contribution >= 0.6 is 0 Å². The van der Waals surface area contributed by atoms with Crippen molar-refractivity contribution in [2.75, 3.05) is 45.2 Å². The molecular formula is C18H24N4O6. The minimum Gasteiger partial charge on any atom is -0.480 e. The van der Waals surface area contributed by atoms with Crippen LogP contribution in [0.5, 0.6) is 0 Å². The van der Waals surface area contributed by atoms with Crippen LogP contribution in [-0.2, 0) is 9.53 Å². The number of benzene rings is 1. The molecule has 1 saturated carbocycles. The molecule has 1 aliphatic carbocycles. The summed E-state index contributed by atoms with van der Waals surface area (Å²) in [5, 5.41) is 23.4. The normalized spacial score (nSPS) is 19.5. The maximum absolute atomic E-state index is 12.8. The van der Waals surface area contributed by atoms with E-state index in [-0.39, 0.29) is 35.8 Å². The molecule has 28 heavy (non-hydrogen) atoms. The number of hydrogen-bond acceptors (Lipinski definition) is 7. The van der Waals surface area contributed by atoms with E-state index in [4.69, 9.17) is 9.84 Å². The van der Waals surface area contributed by atoms with E-state index in [0.29, 0.717) is 31.9 Å². The Hall–Kier alpha value is -2.72. The average molecular weight is 392 g/mol. The molecule has 1 atom stereocenters. The maximum Gasteiger partial charge on any atom is 0.317 e. The van der Waals surface area contributed by atoms with Gasteiger partial charge >= 0.3 is 5.97 Å². The van der Waals surface area contributed by atoms with Gasteiger partial charge in [0.05, 0.1) is 24.2 Å². The van der Waals surface area contributed by atoms with E-state index in [2.05, 4.69) is 5.32 Å². The topological polar surface area (TPSA) is 125 Å². The Labute approximate surface area is 162 Å². The molecule has 152 valence electrons. The Kier molecular flexibility index (Phi) is 6.10. The SMILES string of the molecule is CN(CC(=O)O)CC1CN(C(=O)c2ccc(NC3CC3)c([N+](=O)[O-])c2)CCO1. The predicted molar refractivity (Wildman–Crippen MR) is 101 cm³/mol. The summed E-state index contributed by atoms with van der Waals surface area (Å²) in [5.41, 5.74) is 0.579. The molecule has 1 aromatic rings. The van der Waals surface area contributed by atoms with E-state index in [1.165, 1.54) is 6.07 Å². The van der Waals surface area contributed by atoms with Crippen molar-refractivity contribution in [3.63, 3.8) is 0 Å². The number of carboxylic acid groups (broad SMARTS) is 1. The molecule has 1 saturated heterocycles. The number of nitro groups is 1. The number of nitrogens with zero attached hydrogens (tertiary/aromatic N) is 3. The number of hydrogen-bond donors (Lipinski definition) is 2. The number of ether oxygens (including phenoxy) is 1. The first kappa shape index (κ1) is 20.0. The van der Waals surface area contributed by atoms with Crippen LogP contribution in [0.25, 0.3) is 0 Å². The highest BCUT2D eigenvalue weighted by atomic mass is 16.6. The largest absolute Gasteiger partial charge is 0.480 e. The lowest BCUT2D eigenvalue weighted by atomic mass is 10.1. The fourth-order valence-electron chi connectivity index (χ4n) is 3.23. The number of carboxylic acids is 1. The molecule has 0 bridgehead atoms. The predicted octanol–water partition coefficient (Wildman–Crippen LogP) is 1.03. The number of nitrogens with one attached hydrogen (secondary N) is 1. The number of morpholine rings is 1. The van der Waals surface area contributed by atoms with Gasteiger partial charge in [0.25, 0.3) is 11.6 Å². The Morgan fingerprint density at radius 3 is 2.82 bits per heavy atom. The molecule has 1 aliphatic heterocycles. The third-order valence-corrected chi connectivity index (χ3v) is 4.72. The van der Waals surface area contributed by atoms with E-state index < -0.39 is 10.9 Å². The molecule has 1 amide bonds. The zero-order chi connectivity index (χ0) is 20.3. The van der Waals surface area contributed by atoms with E-state index in [1.807, 2.05) is 0 Å². The number of aliphatic carboxylic acids is 1. The van der Waals surface area contributed by atoms with Crippen LogP contribution in [0.4, 0.5) is 11.4 Å². The van der Waals surface area contributed by atoms with Crippen LogP contribution in [0.1, 0.15) is 23.2 Å². The molecule has 1 unspecified atom stereocenters. The number of nitro benzene ring substituents is 1. The van der Waals surface area contributed by atoms with Gasteiger partial charge < -0.3 is 20.1 Å². The lowest BCUT2D eigenvalue weighted by Gasteiger charge is -2.34. The van der Waals surface area contributed by atoms with Gasteiger partial charge in [0.1, 0.15) is 5.69 Å². The number of carbonyl (C=O) groups excluding carboxylic acids is 1. The molecule has 0 radical (unpaired) electrons. The minimum atomic E-state index is -0.932. The summed E-state index contributed by atoms with van der Waals surface area (Å²) in [6, 6.07) is 4.76. The number of rotatable bonds is 8. The Morgan fingerprint density at radius 1 is 1.43 bits per heavy atom. The van der Waals surface area contributed by atoms with Crippen molar-refractivity contribution in [2.24, 2.45) is 0 Å². The minimum absolute atomic E-state index is 0.108. The third-order valence-electron chi connectivity index (χ3n) is 4.72. The van der Waals surface area contributed by atoms with E-state index in [0.717, 1.165) is 12.8 Å². The van der Waals surface area contributed by atoms with Crippen molar-refractivity contribution in [3.8, 4) is 0 Å². The standard InChI is InChI=1S/C18H24N4O6/c1-20(11-17(23)24)9-14-10-21(6-7-28-14)18(25)12-2-5-15(19-13-3-4-13)16(8-12)22(26)27/h2,5,8,13-14,19H,3-4,6-7,9-11H2,1H3,(H,23,24). The first-order chi connectivity index (χ1) is 13.3. The maximum atomic E-state index is 12.8. The molecule has 0 aromatic heterocycles. The summed E-state index contributed by atoms with van der Waals surface area (Å²) < 4.78 is 5.63. The van der Waals surface area contributed by atoms with Crippen molar-refractivity contribution in [3.05, 3.63) is 33.9 Å². The average Bonchev–Trinajstić information content (AvgIpc) is 3.44. The molecular weight excluding hydrogens is 368 g/mol. The Bertz CT molecular complexity index is 766. The van der Waals surface area contributed by atoms with Gasteiger partial charge in [0, 0.05) is 37.3 Å². The van der Waals surface area contributed by atoms with E-state index in [9.17, 15) is 19.7 Å². The second-order valence-electron chi connectivity index (χ2n) is 7.24. The fourth-order valence-corrected chi connectivity index (χ4v) is 3.23. The van der Waals surface area contributed by atoms with Crippen LogP contribution in [-0.4, -0.2) is 83.7 Å². The van der Waals surface area contributed by atoms with Crippen molar-refractivity contribution < 1.29 is 24.4 Å². The number of likely N-dealkylation sites (N-methyl/N-ethyl adjacent to an activating group) is 1. The first-order valence-corrected chi connectivity index (χ1v) is 9.19. The second kappa shape index (κ2) is 8.53. The summed E-state index contributed by atoms with van der Waals surface area (Å²) in [5.74, 6) is -1.23. The van der Waals surface area contributed by atoms with Gasteiger partial charge in [0.2, 0.25) is 0 Å². The fraction of sp³-hybridized carbons (Fsp3) is 0.556. The molecule has 3 rings (SSSR count).